The molecule has 0 bridgehead atoms. The number of sulfonamides is 1. The zero-order valence-corrected chi connectivity index (χ0v) is 22.6. The molecule has 37 heavy (non-hydrogen) atoms. The third kappa shape index (κ3) is 5.26. The first-order chi connectivity index (χ1) is 17.2. The molecule has 1 unspecified atom stereocenters. The molecule has 3 aromatic rings. The lowest BCUT2D eigenvalue weighted by molar-refractivity contribution is -0.142. The third-order valence-electron chi connectivity index (χ3n) is 6.30. The van der Waals surface area contributed by atoms with E-state index < -0.39 is 39.0 Å². The van der Waals surface area contributed by atoms with Crippen molar-refractivity contribution in [2.75, 3.05) is 12.9 Å². The van der Waals surface area contributed by atoms with Gasteiger partial charge in [0.1, 0.15) is 0 Å². The number of fused-ring (bicyclic) bond motifs is 2. The molecule has 1 aliphatic rings. The topological polar surface area (TPSA) is 104 Å². The SMILES string of the molecule is Cc1c(-c2c(C(OC(C)(C)C)C(=O)NS(C)(=O)=O)n(C)c(=O)c3ccccc23)cc(F)c2c1CCCO2. The average molecular weight is 531 g/mol. The van der Waals surface area contributed by atoms with Crippen molar-refractivity contribution in [1.82, 2.24) is 9.29 Å². The van der Waals surface area contributed by atoms with Gasteiger partial charge in [-0.05, 0) is 69.2 Å². The highest BCUT2D eigenvalue weighted by atomic mass is 32.2. The molecule has 1 amide bonds. The molecule has 2 heterocycles. The fourth-order valence-electron chi connectivity index (χ4n) is 4.81. The van der Waals surface area contributed by atoms with Crippen LogP contribution in [-0.2, 0) is 33.0 Å². The quantitative estimate of drug-likeness (QED) is 0.537. The van der Waals surface area contributed by atoms with Crippen molar-refractivity contribution in [3.05, 3.63) is 63.3 Å². The number of carbonyl (C=O) groups is 1. The van der Waals surface area contributed by atoms with Crippen molar-refractivity contribution in [1.29, 1.82) is 0 Å². The van der Waals surface area contributed by atoms with Crippen LogP contribution in [-0.4, -0.2) is 37.4 Å². The van der Waals surface area contributed by atoms with Crippen LogP contribution < -0.4 is 15.0 Å². The number of ether oxygens (including phenoxy) is 2. The summed E-state index contributed by atoms with van der Waals surface area (Å²) in [6.07, 6.45) is 0.704. The lowest BCUT2D eigenvalue weighted by atomic mass is 9.87. The predicted octanol–water partition coefficient (Wildman–Crippen LogP) is 3.91. The highest BCUT2D eigenvalue weighted by molar-refractivity contribution is 7.89. The molecule has 4 rings (SSSR count). The first-order valence-electron chi connectivity index (χ1n) is 12.0. The molecule has 0 radical (unpaired) electrons. The Hall–Kier alpha value is -3.24. The van der Waals surface area contributed by atoms with E-state index >= 15 is 4.39 Å². The number of benzene rings is 2. The molecule has 0 aliphatic carbocycles. The number of halogens is 1. The summed E-state index contributed by atoms with van der Waals surface area (Å²) in [6.45, 7) is 7.42. The Bertz CT molecular complexity index is 1570. The fourth-order valence-corrected chi connectivity index (χ4v) is 5.29. The van der Waals surface area contributed by atoms with E-state index in [0.717, 1.165) is 23.8 Å². The van der Waals surface area contributed by atoms with Crippen molar-refractivity contribution < 1.29 is 27.1 Å². The number of aromatic nitrogens is 1. The van der Waals surface area contributed by atoms with Gasteiger partial charge in [-0.1, -0.05) is 18.2 Å². The highest BCUT2D eigenvalue weighted by Crippen LogP contribution is 2.42. The number of nitrogens with one attached hydrogen (secondary N) is 1. The lowest BCUT2D eigenvalue weighted by Crippen LogP contribution is -2.40. The normalized spacial score (nSPS) is 14.7. The van der Waals surface area contributed by atoms with Gasteiger partial charge in [-0.25, -0.2) is 12.8 Å². The largest absolute Gasteiger partial charge is 0.490 e. The molecule has 0 saturated heterocycles. The lowest BCUT2D eigenvalue weighted by Gasteiger charge is -2.31. The van der Waals surface area contributed by atoms with Gasteiger partial charge in [-0.2, -0.15) is 0 Å². The molecule has 1 atom stereocenters. The van der Waals surface area contributed by atoms with Crippen molar-refractivity contribution in [3.63, 3.8) is 0 Å². The Morgan fingerprint density at radius 2 is 1.86 bits per heavy atom. The Morgan fingerprint density at radius 3 is 2.49 bits per heavy atom. The van der Waals surface area contributed by atoms with E-state index in [1.807, 2.05) is 11.6 Å². The summed E-state index contributed by atoms with van der Waals surface area (Å²) < 4.78 is 54.4. The second-order valence-electron chi connectivity index (χ2n) is 10.3. The number of pyridine rings is 1. The van der Waals surface area contributed by atoms with Gasteiger partial charge >= 0.3 is 0 Å². The molecular weight excluding hydrogens is 499 g/mol. The Balaban J connectivity index is 2.15. The Labute approximate surface area is 215 Å². The van der Waals surface area contributed by atoms with E-state index in [1.54, 1.807) is 45.0 Å². The van der Waals surface area contributed by atoms with Gasteiger partial charge in [0.15, 0.2) is 17.7 Å². The van der Waals surface area contributed by atoms with Crippen molar-refractivity contribution >= 4 is 26.7 Å². The van der Waals surface area contributed by atoms with Crippen LogP contribution in [0.3, 0.4) is 0 Å². The maximum Gasteiger partial charge on any atom is 0.268 e. The molecule has 8 nitrogen and oxygen atoms in total. The fraction of sp³-hybridized carbons (Fsp3) is 0.407. The average Bonchev–Trinajstić information content (AvgIpc) is 2.81. The van der Waals surface area contributed by atoms with Gasteiger partial charge in [0.2, 0.25) is 10.0 Å². The minimum atomic E-state index is -3.95. The summed E-state index contributed by atoms with van der Waals surface area (Å²) in [5, 5.41) is 0.866. The molecule has 1 aliphatic heterocycles. The van der Waals surface area contributed by atoms with Gasteiger partial charge in [0, 0.05) is 23.6 Å². The molecule has 1 N–H and O–H groups in total. The monoisotopic (exact) mass is 530 g/mol. The van der Waals surface area contributed by atoms with Crippen molar-refractivity contribution in [2.45, 2.75) is 52.2 Å². The van der Waals surface area contributed by atoms with E-state index in [1.165, 1.54) is 17.7 Å². The zero-order chi connectivity index (χ0) is 27.3. The molecule has 0 spiro atoms. The number of hydrogen-bond acceptors (Lipinski definition) is 6. The van der Waals surface area contributed by atoms with Gasteiger partial charge in [-0.15, -0.1) is 0 Å². The Morgan fingerprint density at radius 1 is 1.22 bits per heavy atom. The van der Waals surface area contributed by atoms with Gasteiger partial charge < -0.3 is 14.0 Å². The summed E-state index contributed by atoms with van der Waals surface area (Å²) in [6, 6.07) is 8.21. The van der Waals surface area contributed by atoms with Crippen LogP contribution in [0.5, 0.6) is 5.75 Å². The molecular formula is C27H31FN2O6S. The molecule has 2 aromatic carbocycles. The molecule has 0 saturated carbocycles. The number of hydrogen-bond donors (Lipinski definition) is 1. The molecule has 10 heteroatoms. The second kappa shape index (κ2) is 9.57. The van der Waals surface area contributed by atoms with Crippen LogP contribution in [0.1, 0.15) is 50.1 Å². The summed E-state index contributed by atoms with van der Waals surface area (Å²) in [5.74, 6) is -1.29. The smallest absolute Gasteiger partial charge is 0.268 e. The van der Waals surface area contributed by atoms with Crippen LogP contribution in [0, 0.1) is 12.7 Å². The van der Waals surface area contributed by atoms with E-state index in [9.17, 15) is 18.0 Å². The number of rotatable bonds is 5. The van der Waals surface area contributed by atoms with Gasteiger partial charge in [-0.3, -0.25) is 14.3 Å². The van der Waals surface area contributed by atoms with Crippen molar-refractivity contribution in [2.24, 2.45) is 7.05 Å². The van der Waals surface area contributed by atoms with Crippen LogP contribution in [0.25, 0.3) is 21.9 Å². The third-order valence-corrected chi connectivity index (χ3v) is 6.87. The molecule has 0 fully saturated rings. The number of amides is 1. The molecule has 1 aromatic heterocycles. The second-order valence-corrected chi connectivity index (χ2v) is 12.1. The summed E-state index contributed by atoms with van der Waals surface area (Å²) in [7, 11) is -2.45. The van der Waals surface area contributed by atoms with Crippen LogP contribution in [0.2, 0.25) is 0 Å². The maximum atomic E-state index is 15.4. The van der Waals surface area contributed by atoms with E-state index in [4.69, 9.17) is 9.47 Å². The maximum absolute atomic E-state index is 15.4. The standard InChI is InChI=1S/C27H31FN2O6S/c1-15-16-12-9-13-35-23(16)20(28)14-19(15)21-17-10-7-8-11-18(17)26(32)30(5)22(21)24(36-27(2,3)4)25(31)29-37(6,33)34/h7-8,10-11,14,24H,9,12-13H2,1-6H3,(H,29,31). The van der Waals surface area contributed by atoms with E-state index in [0.29, 0.717) is 34.9 Å². The summed E-state index contributed by atoms with van der Waals surface area (Å²) in [4.78, 5) is 26.8. The minimum Gasteiger partial charge on any atom is -0.490 e. The van der Waals surface area contributed by atoms with E-state index in [2.05, 4.69) is 0 Å². The van der Waals surface area contributed by atoms with Crippen molar-refractivity contribution in [3.8, 4) is 16.9 Å². The first-order valence-corrected chi connectivity index (χ1v) is 13.8. The zero-order valence-electron chi connectivity index (χ0n) is 21.8. The summed E-state index contributed by atoms with van der Waals surface area (Å²) >= 11 is 0. The highest BCUT2D eigenvalue weighted by Gasteiger charge is 2.35. The minimum absolute atomic E-state index is 0.124. The summed E-state index contributed by atoms with van der Waals surface area (Å²) in [5.41, 5.74) is 1.18. The first kappa shape index (κ1) is 26.8. The Kier molecular flexibility index (Phi) is 6.94. The number of nitrogens with zero attached hydrogens (tertiary/aromatic N) is 1. The van der Waals surface area contributed by atoms with Crippen LogP contribution in [0.15, 0.2) is 35.1 Å². The van der Waals surface area contributed by atoms with Gasteiger partial charge in [0.25, 0.3) is 11.5 Å². The predicted molar refractivity (Wildman–Crippen MR) is 140 cm³/mol. The molecule has 198 valence electrons. The van der Waals surface area contributed by atoms with Crippen LogP contribution in [0.4, 0.5) is 4.39 Å². The van der Waals surface area contributed by atoms with Gasteiger partial charge in [0.05, 0.1) is 24.2 Å². The number of carbonyl (C=O) groups excluding carboxylic acids is 1. The van der Waals surface area contributed by atoms with E-state index in [-0.39, 0.29) is 11.4 Å². The van der Waals surface area contributed by atoms with Crippen LogP contribution >= 0.6 is 0 Å².